The van der Waals surface area contributed by atoms with Crippen molar-refractivity contribution in [3.8, 4) is 22.8 Å². The zero-order valence-electron chi connectivity index (χ0n) is 20.6. The fraction of sp³-hybridized carbons (Fsp3) is 0.385. The Hall–Kier alpha value is -2.82. The molecular weight excluding hydrogens is 499 g/mol. The van der Waals surface area contributed by atoms with Crippen LogP contribution in [0.2, 0.25) is 0 Å². The molecule has 0 N–H and O–H groups in total. The number of benzene rings is 1. The van der Waals surface area contributed by atoms with Crippen LogP contribution >= 0.6 is 11.3 Å². The van der Waals surface area contributed by atoms with Crippen LogP contribution in [-0.2, 0) is 16.3 Å². The summed E-state index contributed by atoms with van der Waals surface area (Å²) in [5.74, 6) is 1.00. The van der Waals surface area contributed by atoms with E-state index < -0.39 is 15.7 Å². The van der Waals surface area contributed by atoms with Crippen LogP contribution in [0.3, 0.4) is 0 Å². The number of aryl methyl sites for hydroxylation is 1. The lowest BCUT2D eigenvalue weighted by molar-refractivity contribution is 0.123. The van der Waals surface area contributed by atoms with E-state index in [0.29, 0.717) is 24.3 Å². The summed E-state index contributed by atoms with van der Waals surface area (Å²) < 4.78 is 45.2. The predicted octanol–water partition coefficient (Wildman–Crippen LogP) is 4.74. The van der Waals surface area contributed by atoms with E-state index in [-0.39, 0.29) is 22.8 Å². The molecule has 5 rings (SSSR count). The van der Waals surface area contributed by atoms with Crippen LogP contribution in [0, 0.1) is 5.82 Å². The Labute approximate surface area is 214 Å². The first kappa shape index (κ1) is 24.9. The summed E-state index contributed by atoms with van der Waals surface area (Å²) in [7, 11) is -1.47. The predicted molar refractivity (Wildman–Crippen MR) is 141 cm³/mol. The highest BCUT2D eigenvalue weighted by Crippen LogP contribution is 2.31. The molecule has 0 atom stereocenters. The van der Waals surface area contributed by atoms with Crippen LogP contribution in [0.5, 0.6) is 5.75 Å². The molecule has 0 spiro atoms. The SMILES string of the molecule is COc1ccc(-c2ccc3c(CCC(C)(C)N4CCS(=O)(=O)CC4)cn(-c4cscn4)c3n2)cc1F. The lowest BCUT2D eigenvalue weighted by atomic mass is 9.93. The number of pyridine rings is 1. The van der Waals surface area contributed by atoms with E-state index in [1.165, 1.54) is 24.5 Å². The van der Waals surface area contributed by atoms with Crippen molar-refractivity contribution in [3.05, 3.63) is 58.8 Å². The number of thiazole rings is 1. The largest absolute Gasteiger partial charge is 0.494 e. The molecule has 0 saturated carbocycles. The van der Waals surface area contributed by atoms with Gasteiger partial charge in [0.05, 0.1) is 29.8 Å². The number of hydrogen-bond donors (Lipinski definition) is 0. The molecule has 190 valence electrons. The number of methoxy groups -OCH3 is 1. The molecule has 7 nitrogen and oxygen atoms in total. The third-order valence-corrected chi connectivity index (χ3v) is 9.24. The summed E-state index contributed by atoms with van der Waals surface area (Å²) in [4.78, 5) is 11.7. The molecule has 4 aromatic rings. The highest BCUT2D eigenvalue weighted by molar-refractivity contribution is 7.91. The fourth-order valence-electron chi connectivity index (χ4n) is 4.77. The monoisotopic (exact) mass is 528 g/mol. The van der Waals surface area contributed by atoms with E-state index in [2.05, 4.69) is 29.9 Å². The Balaban J connectivity index is 1.47. The summed E-state index contributed by atoms with van der Waals surface area (Å²) in [6.45, 7) is 5.50. The Kier molecular flexibility index (Phi) is 6.61. The van der Waals surface area contributed by atoms with Crippen LogP contribution in [0.1, 0.15) is 25.8 Å². The molecule has 0 aliphatic carbocycles. The summed E-state index contributed by atoms with van der Waals surface area (Å²) in [5, 5.41) is 3.00. The average Bonchev–Trinajstić information content (AvgIpc) is 3.50. The minimum Gasteiger partial charge on any atom is -0.494 e. The van der Waals surface area contributed by atoms with Gasteiger partial charge in [-0.15, -0.1) is 11.3 Å². The van der Waals surface area contributed by atoms with Gasteiger partial charge in [-0.1, -0.05) is 0 Å². The van der Waals surface area contributed by atoms with Gasteiger partial charge in [0.15, 0.2) is 21.4 Å². The van der Waals surface area contributed by atoms with Gasteiger partial charge in [-0.3, -0.25) is 9.47 Å². The minimum atomic E-state index is -2.92. The first-order chi connectivity index (χ1) is 17.2. The quantitative estimate of drug-likeness (QED) is 0.345. The van der Waals surface area contributed by atoms with Gasteiger partial charge in [0.1, 0.15) is 11.5 Å². The van der Waals surface area contributed by atoms with Crippen molar-refractivity contribution in [1.29, 1.82) is 0 Å². The summed E-state index contributed by atoms with van der Waals surface area (Å²) in [6.07, 6.45) is 3.76. The second-order valence-electron chi connectivity index (χ2n) is 9.74. The standard InChI is InChI=1S/C26H29FN4O3S2/c1-26(2,30-10-12-36(32,33)13-11-30)9-8-19-15-31(24-16-35-17-28-24)25-20(19)5-6-22(29-25)18-4-7-23(34-3)21(27)14-18/h4-7,14-17H,8-13H2,1-3H3. The highest BCUT2D eigenvalue weighted by Gasteiger charge is 2.32. The second-order valence-corrected chi connectivity index (χ2v) is 12.8. The highest BCUT2D eigenvalue weighted by atomic mass is 32.2. The van der Waals surface area contributed by atoms with Gasteiger partial charge in [-0.25, -0.2) is 22.8 Å². The Morgan fingerprint density at radius 2 is 1.94 bits per heavy atom. The average molecular weight is 529 g/mol. The van der Waals surface area contributed by atoms with Crippen LogP contribution in [0.25, 0.3) is 28.1 Å². The number of nitrogens with zero attached hydrogens (tertiary/aromatic N) is 4. The number of rotatable bonds is 7. The van der Waals surface area contributed by atoms with E-state index in [1.54, 1.807) is 17.6 Å². The minimum absolute atomic E-state index is 0.140. The first-order valence-electron chi connectivity index (χ1n) is 11.9. The lowest BCUT2D eigenvalue weighted by Gasteiger charge is -2.41. The van der Waals surface area contributed by atoms with E-state index in [9.17, 15) is 12.8 Å². The maximum absolute atomic E-state index is 14.4. The summed E-state index contributed by atoms with van der Waals surface area (Å²) >= 11 is 1.52. The zero-order valence-corrected chi connectivity index (χ0v) is 22.2. The van der Waals surface area contributed by atoms with E-state index in [0.717, 1.165) is 35.3 Å². The topological polar surface area (TPSA) is 77.3 Å². The van der Waals surface area contributed by atoms with Gasteiger partial charge >= 0.3 is 0 Å². The molecule has 1 aliphatic rings. The lowest BCUT2D eigenvalue weighted by Crippen LogP contribution is -2.51. The number of ether oxygens (including phenoxy) is 1. The van der Waals surface area contributed by atoms with E-state index in [4.69, 9.17) is 9.72 Å². The first-order valence-corrected chi connectivity index (χ1v) is 14.6. The van der Waals surface area contributed by atoms with Crippen LogP contribution in [0.4, 0.5) is 4.39 Å². The smallest absolute Gasteiger partial charge is 0.165 e. The Morgan fingerprint density at radius 1 is 1.17 bits per heavy atom. The summed E-state index contributed by atoms with van der Waals surface area (Å²) in [6, 6.07) is 8.80. The third-order valence-electron chi connectivity index (χ3n) is 7.05. The van der Waals surface area contributed by atoms with Crippen molar-refractivity contribution in [1.82, 2.24) is 19.4 Å². The molecule has 3 aromatic heterocycles. The van der Waals surface area contributed by atoms with Crippen molar-refractivity contribution < 1.29 is 17.5 Å². The van der Waals surface area contributed by atoms with Gasteiger partial charge in [-0.05, 0) is 62.6 Å². The molecule has 1 aromatic carbocycles. The number of halogens is 1. The van der Waals surface area contributed by atoms with E-state index >= 15 is 0 Å². The molecule has 0 radical (unpaired) electrons. The molecule has 10 heteroatoms. The molecular formula is C26H29FN4O3S2. The molecule has 1 aliphatic heterocycles. The van der Waals surface area contributed by atoms with Crippen molar-refractivity contribution in [2.45, 2.75) is 32.2 Å². The normalized spacial score (nSPS) is 16.4. The van der Waals surface area contributed by atoms with Crippen molar-refractivity contribution in [3.63, 3.8) is 0 Å². The van der Waals surface area contributed by atoms with Crippen molar-refractivity contribution >= 4 is 32.2 Å². The van der Waals surface area contributed by atoms with Gasteiger partial charge in [0, 0.05) is 41.2 Å². The van der Waals surface area contributed by atoms with Gasteiger partial charge in [-0.2, -0.15) is 0 Å². The van der Waals surface area contributed by atoms with Crippen molar-refractivity contribution in [2.75, 3.05) is 31.7 Å². The number of sulfone groups is 1. The Bertz CT molecular complexity index is 1480. The second kappa shape index (κ2) is 9.57. The third kappa shape index (κ3) is 4.89. The van der Waals surface area contributed by atoms with Crippen LogP contribution in [-0.4, -0.2) is 65.1 Å². The van der Waals surface area contributed by atoms with Crippen LogP contribution < -0.4 is 4.74 Å². The Morgan fingerprint density at radius 3 is 2.61 bits per heavy atom. The number of fused-ring (bicyclic) bond motifs is 1. The molecule has 1 saturated heterocycles. The van der Waals surface area contributed by atoms with Gasteiger partial charge in [0.2, 0.25) is 0 Å². The number of aromatic nitrogens is 3. The van der Waals surface area contributed by atoms with Gasteiger partial charge in [0.25, 0.3) is 0 Å². The molecule has 0 amide bonds. The van der Waals surface area contributed by atoms with Crippen LogP contribution in [0.15, 0.2) is 47.4 Å². The molecule has 4 heterocycles. The maximum atomic E-state index is 14.4. The van der Waals surface area contributed by atoms with Crippen molar-refractivity contribution in [2.24, 2.45) is 0 Å². The van der Waals surface area contributed by atoms with E-state index in [1.807, 2.05) is 22.1 Å². The molecule has 0 unspecified atom stereocenters. The number of hydrogen-bond acceptors (Lipinski definition) is 7. The zero-order chi connectivity index (χ0) is 25.5. The molecule has 36 heavy (non-hydrogen) atoms. The van der Waals surface area contributed by atoms with Gasteiger partial charge < -0.3 is 4.74 Å². The maximum Gasteiger partial charge on any atom is 0.165 e. The fourth-order valence-corrected chi connectivity index (χ4v) is 6.50. The summed E-state index contributed by atoms with van der Waals surface area (Å²) in [5.41, 5.74) is 4.90. The molecule has 0 bridgehead atoms. The molecule has 1 fully saturated rings.